The van der Waals surface area contributed by atoms with Crippen LogP contribution in [0.4, 0.5) is 4.39 Å². The Morgan fingerprint density at radius 3 is 2.41 bits per heavy atom. The van der Waals surface area contributed by atoms with Gasteiger partial charge in [-0.2, -0.15) is 5.26 Å². The average molecular weight is 429 g/mol. The number of benzene rings is 3. The SMILES string of the molecule is COc1ccc([C@H](NC(=O)c2ccc(C#N)c(F)c2)c2ccc(Cl)cc2Cl)cc1. The minimum absolute atomic E-state index is 0.0881. The first-order valence-corrected chi connectivity index (χ1v) is 9.28. The molecule has 3 aromatic carbocycles. The van der Waals surface area contributed by atoms with Crippen LogP contribution in [0.15, 0.2) is 60.7 Å². The van der Waals surface area contributed by atoms with E-state index >= 15 is 0 Å². The summed E-state index contributed by atoms with van der Waals surface area (Å²) in [5, 5.41) is 12.6. The molecule has 0 radical (unpaired) electrons. The fraction of sp³-hybridized carbons (Fsp3) is 0.0909. The molecule has 0 aliphatic carbocycles. The van der Waals surface area contributed by atoms with E-state index in [1.54, 1.807) is 55.6 Å². The van der Waals surface area contributed by atoms with Gasteiger partial charge in [-0.25, -0.2) is 4.39 Å². The van der Waals surface area contributed by atoms with Crippen molar-refractivity contribution in [2.75, 3.05) is 7.11 Å². The zero-order valence-electron chi connectivity index (χ0n) is 15.2. The Bertz CT molecular complexity index is 1090. The highest BCUT2D eigenvalue weighted by Crippen LogP contribution is 2.31. The van der Waals surface area contributed by atoms with E-state index in [1.807, 2.05) is 0 Å². The molecule has 0 unspecified atom stereocenters. The summed E-state index contributed by atoms with van der Waals surface area (Å²) in [6.45, 7) is 0. The van der Waals surface area contributed by atoms with Gasteiger partial charge in [0.2, 0.25) is 0 Å². The molecule has 29 heavy (non-hydrogen) atoms. The first-order chi connectivity index (χ1) is 13.9. The van der Waals surface area contributed by atoms with Crippen LogP contribution < -0.4 is 10.1 Å². The second-order valence-corrected chi connectivity index (χ2v) is 7.00. The Labute approximate surface area is 177 Å². The highest BCUT2D eigenvalue weighted by atomic mass is 35.5. The van der Waals surface area contributed by atoms with Crippen LogP contribution in [0.3, 0.4) is 0 Å². The lowest BCUT2D eigenvalue weighted by Gasteiger charge is -2.21. The Morgan fingerprint density at radius 2 is 1.83 bits per heavy atom. The number of methoxy groups -OCH3 is 1. The predicted octanol–water partition coefficient (Wildman–Crippen LogP) is 5.53. The van der Waals surface area contributed by atoms with E-state index in [2.05, 4.69) is 5.32 Å². The topological polar surface area (TPSA) is 62.1 Å². The predicted molar refractivity (Wildman–Crippen MR) is 110 cm³/mol. The molecule has 0 heterocycles. The molecule has 1 N–H and O–H groups in total. The van der Waals surface area contributed by atoms with Gasteiger partial charge < -0.3 is 10.1 Å². The lowest BCUT2D eigenvalue weighted by atomic mass is 9.97. The molecular weight excluding hydrogens is 414 g/mol. The molecule has 0 bridgehead atoms. The van der Waals surface area contributed by atoms with Gasteiger partial charge in [0.1, 0.15) is 17.6 Å². The summed E-state index contributed by atoms with van der Waals surface area (Å²) in [7, 11) is 1.56. The maximum absolute atomic E-state index is 13.9. The van der Waals surface area contributed by atoms with Crippen LogP contribution in [0.2, 0.25) is 10.0 Å². The number of amides is 1. The summed E-state index contributed by atoms with van der Waals surface area (Å²) in [5.41, 5.74) is 1.33. The van der Waals surface area contributed by atoms with E-state index in [1.165, 1.54) is 12.1 Å². The van der Waals surface area contributed by atoms with Crippen molar-refractivity contribution in [2.24, 2.45) is 0 Å². The first kappa shape index (κ1) is 20.7. The third-order valence-corrected chi connectivity index (χ3v) is 4.91. The molecule has 0 saturated carbocycles. The fourth-order valence-corrected chi connectivity index (χ4v) is 3.35. The second-order valence-electron chi connectivity index (χ2n) is 6.15. The molecule has 0 aromatic heterocycles. The maximum atomic E-state index is 13.9. The highest BCUT2D eigenvalue weighted by Gasteiger charge is 2.21. The third kappa shape index (κ3) is 4.68. The summed E-state index contributed by atoms with van der Waals surface area (Å²) >= 11 is 12.4. The van der Waals surface area contributed by atoms with Gasteiger partial charge in [0.25, 0.3) is 5.91 Å². The molecule has 1 amide bonds. The number of carbonyl (C=O) groups is 1. The Balaban J connectivity index is 1.99. The quantitative estimate of drug-likeness (QED) is 0.580. The zero-order valence-corrected chi connectivity index (χ0v) is 16.8. The molecule has 7 heteroatoms. The van der Waals surface area contributed by atoms with Crippen molar-refractivity contribution in [3.05, 3.63) is 98.8 Å². The van der Waals surface area contributed by atoms with Crippen molar-refractivity contribution in [1.82, 2.24) is 5.32 Å². The normalized spacial score (nSPS) is 11.4. The number of hydrogen-bond acceptors (Lipinski definition) is 3. The van der Waals surface area contributed by atoms with Gasteiger partial charge in [0, 0.05) is 15.6 Å². The van der Waals surface area contributed by atoms with Crippen molar-refractivity contribution in [3.63, 3.8) is 0 Å². The van der Waals surface area contributed by atoms with Crippen LogP contribution in [0.5, 0.6) is 5.75 Å². The third-order valence-electron chi connectivity index (χ3n) is 4.35. The minimum Gasteiger partial charge on any atom is -0.497 e. The van der Waals surface area contributed by atoms with E-state index in [9.17, 15) is 9.18 Å². The first-order valence-electron chi connectivity index (χ1n) is 8.52. The van der Waals surface area contributed by atoms with E-state index in [0.717, 1.165) is 11.6 Å². The van der Waals surface area contributed by atoms with Gasteiger partial charge in [0.15, 0.2) is 0 Å². The fourth-order valence-electron chi connectivity index (χ4n) is 2.83. The van der Waals surface area contributed by atoms with Crippen LogP contribution in [0.25, 0.3) is 0 Å². The van der Waals surface area contributed by atoms with Gasteiger partial charge in [-0.15, -0.1) is 0 Å². The van der Waals surface area contributed by atoms with Crippen molar-refractivity contribution in [1.29, 1.82) is 5.26 Å². The second kappa shape index (κ2) is 8.95. The highest BCUT2D eigenvalue weighted by molar-refractivity contribution is 6.35. The lowest BCUT2D eigenvalue weighted by molar-refractivity contribution is 0.0942. The van der Waals surface area contributed by atoms with Gasteiger partial charge in [-0.3, -0.25) is 4.79 Å². The van der Waals surface area contributed by atoms with E-state index in [-0.39, 0.29) is 11.1 Å². The van der Waals surface area contributed by atoms with Crippen LogP contribution in [0, 0.1) is 17.1 Å². The van der Waals surface area contributed by atoms with Gasteiger partial charge >= 0.3 is 0 Å². The summed E-state index contributed by atoms with van der Waals surface area (Å²) < 4.78 is 19.1. The monoisotopic (exact) mass is 428 g/mol. The summed E-state index contributed by atoms with van der Waals surface area (Å²) in [6, 6.07) is 16.9. The van der Waals surface area contributed by atoms with Crippen LogP contribution in [-0.4, -0.2) is 13.0 Å². The maximum Gasteiger partial charge on any atom is 0.252 e. The number of nitrogens with zero attached hydrogens (tertiary/aromatic N) is 1. The molecule has 3 aromatic rings. The standard InChI is InChI=1S/C22H15Cl2FN2O2/c1-29-17-7-4-13(5-8-17)21(18-9-6-16(23)11-19(18)24)27-22(28)14-2-3-15(12-26)20(25)10-14/h2-11,21H,1H3,(H,27,28)/t21-/m0/s1. The molecule has 0 aliphatic rings. The van der Waals surface area contributed by atoms with Crippen LogP contribution in [-0.2, 0) is 0 Å². The van der Waals surface area contributed by atoms with Crippen molar-refractivity contribution < 1.29 is 13.9 Å². The summed E-state index contributed by atoms with van der Waals surface area (Å²) in [6.07, 6.45) is 0. The molecule has 1 atom stereocenters. The molecule has 0 saturated heterocycles. The zero-order chi connectivity index (χ0) is 21.0. The molecule has 0 fully saturated rings. The van der Waals surface area contributed by atoms with Gasteiger partial charge in [0.05, 0.1) is 18.7 Å². The number of carbonyl (C=O) groups excluding carboxylic acids is 1. The largest absolute Gasteiger partial charge is 0.497 e. The average Bonchev–Trinajstić information content (AvgIpc) is 2.72. The molecule has 4 nitrogen and oxygen atoms in total. The molecule has 146 valence electrons. The van der Waals surface area contributed by atoms with Gasteiger partial charge in [-0.05, 0) is 53.6 Å². The van der Waals surface area contributed by atoms with Crippen LogP contribution in [0.1, 0.15) is 33.1 Å². The van der Waals surface area contributed by atoms with Crippen molar-refractivity contribution >= 4 is 29.1 Å². The Morgan fingerprint density at radius 1 is 1.10 bits per heavy atom. The number of nitriles is 1. The number of hydrogen-bond donors (Lipinski definition) is 1. The lowest BCUT2D eigenvalue weighted by Crippen LogP contribution is -2.29. The number of ether oxygens (including phenoxy) is 1. The number of halogens is 3. The van der Waals surface area contributed by atoms with Crippen molar-refractivity contribution in [3.8, 4) is 11.8 Å². The molecule has 0 aliphatic heterocycles. The Hall–Kier alpha value is -3.07. The number of nitrogens with one attached hydrogen (secondary N) is 1. The van der Waals surface area contributed by atoms with Gasteiger partial charge in [-0.1, -0.05) is 41.4 Å². The molecule has 3 rings (SSSR count). The Kier molecular flexibility index (Phi) is 6.38. The van der Waals surface area contributed by atoms with E-state index in [4.69, 9.17) is 33.2 Å². The molecule has 0 spiro atoms. The summed E-state index contributed by atoms with van der Waals surface area (Å²) in [4.78, 5) is 12.8. The van der Waals surface area contributed by atoms with Crippen molar-refractivity contribution in [2.45, 2.75) is 6.04 Å². The molecular formula is C22H15Cl2FN2O2. The van der Waals surface area contributed by atoms with E-state index in [0.29, 0.717) is 21.4 Å². The summed E-state index contributed by atoms with van der Waals surface area (Å²) in [5.74, 6) is -0.610. The smallest absolute Gasteiger partial charge is 0.252 e. The van der Waals surface area contributed by atoms with Crippen LogP contribution >= 0.6 is 23.2 Å². The van der Waals surface area contributed by atoms with E-state index < -0.39 is 17.8 Å². The minimum atomic E-state index is -0.759. The number of rotatable bonds is 5.